The zero-order chi connectivity index (χ0) is 17.1. The van der Waals surface area contributed by atoms with Crippen LogP contribution in [-0.2, 0) is 0 Å². The predicted octanol–water partition coefficient (Wildman–Crippen LogP) is 5.82. The lowest BCUT2D eigenvalue weighted by Gasteiger charge is -2.30. The summed E-state index contributed by atoms with van der Waals surface area (Å²) in [6.07, 6.45) is 4.53. The summed E-state index contributed by atoms with van der Waals surface area (Å²) in [6, 6.07) is 10.8. The number of aryl methyl sites for hydroxylation is 3. The number of rotatable bonds is 2. The number of hydrogen-bond donors (Lipinski definition) is 1. The minimum atomic E-state index is 0.0293. The highest BCUT2D eigenvalue weighted by molar-refractivity contribution is 7.12. The maximum atomic E-state index is 13.0. The smallest absolute Gasteiger partial charge is 0.317 e. The van der Waals surface area contributed by atoms with Gasteiger partial charge in [-0.2, -0.15) is 0 Å². The standard InChI is InChI=1S/C20H26N2OS/c1-14-8-9-15(2)17(13-14)21-20(23)22-12-6-4-5-7-18(22)19-11-10-16(3)24-19/h8-11,13,18H,4-7,12H2,1-3H3,(H,21,23). The van der Waals surface area contributed by atoms with Crippen LogP contribution in [0.25, 0.3) is 0 Å². The van der Waals surface area contributed by atoms with E-state index >= 15 is 0 Å². The van der Waals surface area contributed by atoms with Crippen LogP contribution in [0.1, 0.15) is 52.6 Å². The maximum Gasteiger partial charge on any atom is 0.322 e. The summed E-state index contributed by atoms with van der Waals surface area (Å²) >= 11 is 1.81. The molecule has 128 valence electrons. The molecule has 1 aliphatic rings. The zero-order valence-electron chi connectivity index (χ0n) is 14.8. The number of carbonyl (C=O) groups excluding carboxylic acids is 1. The van der Waals surface area contributed by atoms with Gasteiger partial charge in [0, 0.05) is 22.0 Å². The number of carbonyl (C=O) groups is 1. The van der Waals surface area contributed by atoms with Gasteiger partial charge < -0.3 is 10.2 Å². The molecule has 2 aromatic rings. The molecule has 0 saturated carbocycles. The summed E-state index contributed by atoms with van der Waals surface area (Å²) in [5.41, 5.74) is 3.19. The van der Waals surface area contributed by atoms with Gasteiger partial charge >= 0.3 is 6.03 Å². The number of urea groups is 1. The van der Waals surface area contributed by atoms with Crippen molar-refractivity contribution in [3.05, 3.63) is 51.2 Å². The molecule has 1 aromatic carbocycles. The number of thiophene rings is 1. The molecule has 1 aliphatic heterocycles. The second-order valence-corrected chi connectivity index (χ2v) is 8.07. The summed E-state index contributed by atoms with van der Waals surface area (Å²) in [6.45, 7) is 7.06. The lowest BCUT2D eigenvalue weighted by molar-refractivity contribution is 0.190. The van der Waals surface area contributed by atoms with Crippen molar-refractivity contribution in [3.8, 4) is 0 Å². The highest BCUT2D eigenvalue weighted by Gasteiger charge is 2.28. The maximum absolute atomic E-state index is 13.0. The minimum absolute atomic E-state index is 0.0293. The Balaban J connectivity index is 1.83. The van der Waals surface area contributed by atoms with Crippen LogP contribution in [0.15, 0.2) is 30.3 Å². The van der Waals surface area contributed by atoms with E-state index in [4.69, 9.17) is 0 Å². The van der Waals surface area contributed by atoms with Crippen LogP contribution in [0, 0.1) is 20.8 Å². The van der Waals surface area contributed by atoms with Gasteiger partial charge in [-0.05, 0) is 62.9 Å². The zero-order valence-corrected chi connectivity index (χ0v) is 15.6. The lowest BCUT2D eigenvalue weighted by atomic mass is 10.1. The van der Waals surface area contributed by atoms with Crippen molar-refractivity contribution in [1.82, 2.24) is 4.90 Å². The second-order valence-electron chi connectivity index (χ2n) is 6.76. The van der Waals surface area contributed by atoms with Crippen LogP contribution in [0.4, 0.5) is 10.5 Å². The first-order valence-electron chi connectivity index (χ1n) is 8.76. The Kier molecular flexibility index (Phi) is 5.24. The molecular formula is C20H26N2OS. The Morgan fingerprint density at radius 3 is 2.71 bits per heavy atom. The summed E-state index contributed by atoms with van der Waals surface area (Å²) < 4.78 is 0. The van der Waals surface area contributed by atoms with Crippen LogP contribution in [0.5, 0.6) is 0 Å². The van der Waals surface area contributed by atoms with E-state index in [1.807, 2.05) is 23.2 Å². The molecule has 1 N–H and O–H groups in total. The molecule has 0 aliphatic carbocycles. The van der Waals surface area contributed by atoms with E-state index < -0.39 is 0 Å². The van der Waals surface area contributed by atoms with Crippen molar-refractivity contribution in [1.29, 1.82) is 0 Å². The third-order valence-corrected chi connectivity index (χ3v) is 5.84. The number of nitrogens with zero attached hydrogens (tertiary/aromatic N) is 1. The highest BCUT2D eigenvalue weighted by atomic mass is 32.1. The van der Waals surface area contributed by atoms with Crippen LogP contribution in [0.3, 0.4) is 0 Å². The van der Waals surface area contributed by atoms with Gasteiger partial charge in [-0.15, -0.1) is 11.3 Å². The van der Waals surface area contributed by atoms with Crippen molar-refractivity contribution in [2.24, 2.45) is 0 Å². The average Bonchev–Trinajstić information content (AvgIpc) is 2.83. The monoisotopic (exact) mass is 342 g/mol. The van der Waals surface area contributed by atoms with E-state index in [0.717, 1.165) is 36.2 Å². The van der Waals surface area contributed by atoms with Crippen molar-refractivity contribution in [2.75, 3.05) is 11.9 Å². The van der Waals surface area contributed by atoms with Gasteiger partial charge in [0.2, 0.25) is 0 Å². The van der Waals surface area contributed by atoms with Crippen molar-refractivity contribution < 1.29 is 4.79 Å². The fourth-order valence-electron chi connectivity index (χ4n) is 3.34. The van der Waals surface area contributed by atoms with E-state index in [1.54, 1.807) is 0 Å². The van der Waals surface area contributed by atoms with Crippen LogP contribution >= 0.6 is 11.3 Å². The highest BCUT2D eigenvalue weighted by Crippen LogP contribution is 2.34. The molecule has 2 amide bonds. The predicted molar refractivity (Wildman–Crippen MR) is 102 cm³/mol. The summed E-state index contributed by atoms with van der Waals surface area (Å²) in [5.74, 6) is 0. The first-order valence-corrected chi connectivity index (χ1v) is 9.57. The molecule has 2 heterocycles. The van der Waals surface area contributed by atoms with Crippen LogP contribution in [-0.4, -0.2) is 17.5 Å². The topological polar surface area (TPSA) is 32.3 Å². The van der Waals surface area contributed by atoms with E-state index in [9.17, 15) is 4.79 Å². The number of amides is 2. The third-order valence-electron chi connectivity index (χ3n) is 4.74. The number of nitrogens with one attached hydrogen (secondary N) is 1. The Hall–Kier alpha value is -1.81. The van der Waals surface area contributed by atoms with E-state index in [-0.39, 0.29) is 12.1 Å². The molecule has 0 radical (unpaired) electrons. The summed E-state index contributed by atoms with van der Waals surface area (Å²) in [7, 11) is 0. The normalized spacial score (nSPS) is 18.3. The van der Waals surface area contributed by atoms with Gasteiger partial charge in [-0.3, -0.25) is 0 Å². The van der Waals surface area contributed by atoms with Gasteiger partial charge in [0.15, 0.2) is 0 Å². The van der Waals surface area contributed by atoms with Crippen molar-refractivity contribution in [3.63, 3.8) is 0 Å². The first-order chi connectivity index (χ1) is 11.5. The second kappa shape index (κ2) is 7.39. The average molecular weight is 343 g/mol. The van der Waals surface area contributed by atoms with Gasteiger partial charge in [-0.25, -0.2) is 4.79 Å². The number of hydrogen-bond acceptors (Lipinski definition) is 2. The van der Waals surface area contributed by atoms with E-state index in [1.165, 1.54) is 22.6 Å². The fraction of sp³-hybridized carbons (Fsp3) is 0.450. The SMILES string of the molecule is Cc1ccc(C)c(NC(=O)N2CCCCCC2c2ccc(C)s2)c1. The van der Waals surface area contributed by atoms with Gasteiger partial charge in [-0.1, -0.05) is 25.0 Å². The Morgan fingerprint density at radius 2 is 1.96 bits per heavy atom. The van der Waals surface area contributed by atoms with Gasteiger partial charge in [0.05, 0.1) is 6.04 Å². The quantitative estimate of drug-likeness (QED) is 0.732. The van der Waals surface area contributed by atoms with Gasteiger partial charge in [0.1, 0.15) is 0 Å². The minimum Gasteiger partial charge on any atom is -0.317 e. The van der Waals surface area contributed by atoms with Crippen molar-refractivity contribution >= 4 is 23.1 Å². The molecule has 1 unspecified atom stereocenters. The Labute approximate surface area is 148 Å². The summed E-state index contributed by atoms with van der Waals surface area (Å²) in [4.78, 5) is 17.7. The Bertz CT molecular complexity index is 722. The first kappa shape index (κ1) is 17.0. The molecule has 1 saturated heterocycles. The number of likely N-dealkylation sites (tertiary alicyclic amines) is 1. The largest absolute Gasteiger partial charge is 0.322 e. The lowest BCUT2D eigenvalue weighted by Crippen LogP contribution is -2.37. The van der Waals surface area contributed by atoms with Gasteiger partial charge in [0.25, 0.3) is 0 Å². The molecule has 3 nitrogen and oxygen atoms in total. The number of benzene rings is 1. The molecular weight excluding hydrogens is 316 g/mol. The Morgan fingerprint density at radius 1 is 1.12 bits per heavy atom. The molecule has 24 heavy (non-hydrogen) atoms. The third kappa shape index (κ3) is 3.81. The van der Waals surface area contributed by atoms with Crippen molar-refractivity contribution in [2.45, 2.75) is 52.5 Å². The molecule has 0 spiro atoms. The van der Waals surface area contributed by atoms with Crippen LogP contribution in [0.2, 0.25) is 0 Å². The fourth-order valence-corrected chi connectivity index (χ4v) is 4.36. The molecule has 1 atom stereocenters. The molecule has 1 fully saturated rings. The van der Waals surface area contributed by atoms with E-state index in [2.05, 4.69) is 49.5 Å². The molecule has 1 aromatic heterocycles. The molecule has 4 heteroatoms. The van der Waals surface area contributed by atoms with E-state index in [0.29, 0.717) is 0 Å². The number of anilines is 1. The van der Waals surface area contributed by atoms with Crippen LogP contribution < -0.4 is 5.32 Å². The molecule has 3 rings (SSSR count). The summed E-state index contributed by atoms with van der Waals surface area (Å²) in [5, 5.41) is 3.15. The molecule has 0 bridgehead atoms.